The van der Waals surface area contributed by atoms with Gasteiger partial charge < -0.3 is 42.8 Å². The number of H-pyrrole nitrogens is 1. The lowest BCUT2D eigenvalue weighted by Gasteiger charge is -2.28. The van der Waals surface area contributed by atoms with Crippen molar-refractivity contribution in [1.29, 1.82) is 0 Å². The van der Waals surface area contributed by atoms with E-state index < -0.39 is 47.9 Å². The molecule has 0 saturated carbocycles. The summed E-state index contributed by atoms with van der Waals surface area (Å²) in [7, 11) is 0. The second kappa shape index (κ2) is 14.4. The summed E-state index contributed by atoms with van der Waals surface area (Å²) >= 11 is 0. The normalized spacial score (nSPS) is 17.2. The number of unbranched alkanes of at least 4 members (excludes halogenated alkanes) is 1. The van der Waals surface area contributed by atoms with Crippen LogP contribution >= 0.6 is 0 Å². The zero-order valence-electron chi connectivity index (χ0n) is 22.4. The van der Waals surface area contributed by atoms with E-state index in [0.717, 1.165) is 17.3 Å². The van der Waals surface area contributed by atoms with Gasteiger partial charge in [0, 0.05) is 36.5 Å². The van der Waals surface area contributed by atoms with Crippen LogP contribution in [0.4, 0.5) is 0 Å². The topological polar surface area (TPSA) is 227 Å². The number of hydrogen-bond acceptors (Lipinski definition) is 7. The summed E-state index contributed by atoms with van der Waals surface area (Å²) < 4.78 is 0. The van der Waals surface area contributed by atoms with Gasteiger partial charge in [-0.1, -0.05) is 24.6 Å². The van der Waals surface area contributed by atoms with Crippen molar-refractivity contribution in [2.45, 2.75) is 75.5 Å². The number of carbonyl (C=O) groups is 5. The minimum atomic E-state index is -1.30. The zero-order chi connectivity index (χ0) is 29.2. The molecule has 3 rings (SSSR count). The second-order valence-electron chi connectivity index (χ2n) is 10.1. The molecule has 13 nitrogen and oxygen atoms in total. The highest BCUT2D eigenvalue weighted by Gasteiger charge is 2.38. The molecule has 1 fully saturated rings. The van der Waals surface area contributed by atoms with E-state index in [0.29, 0.717) is 44.3 Å². The molecule has 0 spiro atoms. The largest absolute Gasteiger partial charge is 0.480 e. The van der Waals surface area contributed by atoms with Gasteiger partial charge in [0.25, 0.3) is 0 Å². The molecule has 13 heteroatoms. The average Bonchev–Trinajstić information content (AvgIpc) is 3.57. The first kappa shape index (κ1) is 30.6. The third-order valence-electron chi connectivity index (χ3n) is 7.15. The highest BCUT2D eigenvalue weighted by molar-refractivity contribution is 5.95. The smallest absolute Gasteiger partial charge is 0.326 e. The van der Waals surface area contributed by atoms with Gasteiger partial charge in [-0.25, -0.2) is 4.79 Å². The summed E-state index contributed by atoms with van der Waals surface area (Å²) in [5, 5.41) is 15.8. The van der Waals surface area contributed by atoms with Gasteiger partial charge in [-0.05, 0) is 50.3 Å². The van der Waals surface area contributed by atoms with E-state index >= 15 is 0 Å². The minimum absolute atomic E-state index is 0.00543. The van der Waals surface area contributed by atoms with Crippen LogP contribution in [-0.2, 0) is 30.4 Å². The van der Waals surface area contributed by atoms with Crippen LogP contribution in [0.2, 0.25) is 0 Å². The van der Waals surface area contributed by atoms with Crippen LogP contribution in [0, 0.1) is 0 Å². The monoisotopic (exact) mass is 557 g/mol. The molecule has 0 radical (unpaired) electrons. The Morgan fingerprint density at radius 1 is 1.07 bits per heavy atom. The van der Waals surface area contributed by atoms with Crippen molar-refractivity contribution in [3.63, 3.8) is 0 Å². The van der Waals surface area contributed by atoms with Gasteiger partial charge in [0.15, 0.2) is 0 Å². The predicted octanol–water partition coefficient (Wildman–Crippen LogP) is -0.523. The summed E-state index contributed by atoms with van der Waals surface area (Å²) in [5.74, 6) is -3.63. The van der Waals surface area contributed by atoms with E-state index in [-0.39, 0.29) is 25.2 Å². The summed E-state index contributed by atoms with van der Waals surface area (Å²) in [4.78, 5) is 67.4. The number of aromatic nitrogens is 1. The molecular formula is C27H39N7O6. The van der Waals surface area contributed by atoms with Crippen LogP contribution < -0.4 is 27.8 Å². The highest BCUT2D eigenvalue weighted by atomic mass is 16.4. The molecule has 4 amide bonds. The van der Waals surface area contributed by atoms with Crippen molar-refractivity contribution in [3.05, 3.63) is 36.0 Å². The number of carboxylic acid groups (broad SMARTS) is 1. The Balaban J connectivity index is 1.70. The van der Waals surface area contributed by atoms with Crippen LogP contribution in [0.5, 0.6) is 0 Å². The van der Waals surface area contributed by atoms with E-state index in [1.807, 2.05) is 24.3 Å². The van der Waals surface area contributed by atoms with E-state index in [2.05, 4.69) is 15.6 Å². The van der Waals surface area contributed by atoms with Gasteiger partial charge in [0.05, 0.1) is 6.04 Å². The molecule has 0 aliphatic carbocycles. The molecule has 2 aromatic rings. The van der Waals surface area contributed by atoms with Crippen LogP contribution in [0.25, 0.3) is 10.9 Å². The number of aromatic amines is 1. The first-order valence-electron chi connectivity index (χ1n) is 13.5. The van der Waals surface area contributed by atoms with Crippen LogP contribution in [0.15, 0.2) is 30.5 Å². The number of hydrogen-bond donors (Lipinski definition) is 7. The molecule has 2 heterocycles. The molecule has 218 valence electrons. The van der Waals surface area contributed by atoms with E-state index in [1.54, 1.807) is 6.20 Å². The maximum Gasteiger partial charge on any atom is 0.326 e. The van der Waals surface area contributed by atoms with Gasteiger partial charge in [-0.2, -0.15) is 0 Å². The van der Waals surface area contributed by atoms with Crippen molar-refractivity contribution >= 4 is 40.5 Å². The predicted molar refractivity (Wildman–Crippen MR) is 148 cm³/mol. The Bertz CT molecular complexity index is 1210. The van der Waals surface area contributed by atoms with Gasteiger partial charge in [-0.15, -0.1) is 0 Å². The lowest BCUT2D eigenvalue weighted by atomic mass is 10.0. The summed E-state index contributed by atoms with van der Waals surface area (Å²) in [6, 6.07) is 3.24. The Morgan fingerprint density at radius 3 is 2.52 bits per heavy atom. The fourth-order valence-electron chi connectivity index (χ4n) is 4.96. The number of fused-ring (bicyclic) bond motifs is 1. The molecule has 10 N–H and O–H groups in total. The number of primary amides is 1. The zero-order valence-corrected chi connectivity index (χ0v) is 22.4. The number of nitrogens with zero attached hydrogens (tertiary/aromatic N) is 1. The number of likely N-dealkylation sites (tertiary alicyclic amines) is 1. The van der Waals surface area contributed by atoms with Crippen LogP contribution in [0.3, 0.4) is 0 Å². The number of amides is 4. The van der Waals surface area contributed by atoms with Crippen molar-refractivity contribution in [2.24, 2.45) is 17.2 Å². The molecule has 40 heavy (non-hydrogen) atoms. The first-order chi connectivity index (χ1) is 19.1. The van der Waals surface area contributed by atoms with E-state index in [4.69, 9.17) is 17.2 Å². The standard InChI is InChI=1S/C27H39N7O6/c28-12-4-3-7-18(29)26(38)34-13-5-9-22(34)25(37)32-20(10-11-23(30)35)24(36)33-21(27(39)40)14-16-15-31-19-8-2-1-6-17(16)19/h1-2,6,8,15,18,20-22,31H,3-5,7,9-14,28-29H2,(H2,30,35)(H,32,37)(H,33,36)(H,39,40). The quantitative estimate of drug-likeness (QED) is 0.141. The molecule has 1 saturated heterocycles. The van der Waals surface area contributed by atoms with E-state index in [1.165, 1.54) is 4.90 Å². The second-order valence-corrected chi connectivity index (χ2v) is 10.1. The third-order valence-corrected chi connectivity index (χ3v) is 7.15. The summed E-state index contributed by atoms with van der Waals surface area (Å²) in [5.41, 5.74) is 18.4. The maximum absolute atomic E-state index is 13.2. The highest BCUT2D eigenvalue weighted by Crippen LogP contribution is 2.21. The molecule has 1 aromatic carbocycles. The van der Waals surface area contributed by atoms with E-state index in [9.17, 15) is 29.1 Å². The fraction of sp³-hybridized carbons (Fsp3) is 0.519. The van der Waals surface area contributed by atoms with Crippen molar-refractivity contribution in [1.82, 2.24) is 20.5 Å². The molecule has 4 atom stereocenters. The van der Waals surface area contributed by atoms with Gasteiger partial charge in [0.1, 0.15) is 18.1 Å². The number of carboxylic acids is 1. The SMILES string of the molecule is NCCCCC(N)C(=O)N1CCCC1C(=O)NC(CCC(N)=O)C(=O)NC(Cc1c[nH]c2ccccc12)C(=O)O. The lowest BCUT2D eigenvalue weighted by Crippen LogP contribution is -2.57. The molecule has 4 unspecified atom stereocenters. The van der Waals surface area contributed by atoms with Crippen LogP contribution in [-0.4, -0.2) is 81.8 Å². The number of nitrogens with one attached hydrogen (secondary N) is 3. The Morgan fingerprint density at radius 2 is 1.82 bits per heavy atom. The first-order valence-corrected chi connectivity index (χ1v) is 13.5. The number of benzene rings is 1. The Labute approximate surface area is 232 Å². The Hall–Kier alpha value is -3.97. The molecule has 1 aliphatic heterocycles. The molecular weight excluding hydrogens is 518 g/mol. The summed E-state index contributed by atoms with van der Waals surface area (Å²) in [6.45, 7) is 0.848. The third kappa shape index (κ3) is 8.02. The number of aliphatic carboxylic acids is 1. The maximum atomic E-state index is 13.2. The number of para-hydroxylation sites is 1. The summed E-state index contributed by atoms with van der Waals surface area (Å²) in [6.07, 6.45) is 4.17. The fourth-order valence-corrected chi connectivity index (χ4v) is 4.96. The van der Waals surface area contributed by atoms with Crippen molar-refractivity contribution < 1.29 is 29.1 Å². The van der Waals surface area contributed by atoms with Gasteiger partial charge in [0.2, 0.25) is 23.6 Å². The van der Waals surface area contributed by atoms with Gasteiger partial charge >= 0.3 is 5.97 Å². The number of carbonyl (C=O) groups excluding carboxylic acids is 4. The number of rotatable bonds is 15. The minimum Gasteiger partial charge on any atom is -0.480 e. The van der Waals surface area contributed by atoms with Crippen LogP contribution in [0.1, 0.15) is 50.5 Å². The molecule has 0 bridgehead atoms. The average molecular weight is 558 g/mol. The van der Waals surface area contributed by atoms with Gasteiger partial charge in [-0.3, -0.25) is 19.2 Å². The lowest BCUT2D eigenvalue weighted by molar-refractivity contribution is -0.143. The Kier molecular flexibility index (Phi) is 11.0. The molecule has 1 aliphatic rings. The van der Waals surface area contributed by atoms with Crippen molar-refractivity contribution in [2.75, 3.05) is 13.1 Å². The van der Waals surface area contributed by atoms with Crippen molar-refractivity contribution in [3.8, 4) is 0 Å². The molecule has 1 aromatic heterocycles. The number of nitrogens with two attached hydrogens (primary N) is 3.